The van der Waals surface area contributed by atoms with Gasteiger partial charge < -0.3 is 5.32 Å². The highest BCUT2D eigenvalue weighted by Crippen LogP contribution is 2.31. The van der Waals surface area contributed by atoms with Crippen LogP contribution >= 0.6 is 0 Å². The van der Waals surface area contributed by atoms with Gasteiger partial charge in [-0.1, -0.05) is 0 Å². The molecule has 0 aliphatic heterocycles. The fraction of sp³-hybridized carbons (Fsp3) is 0. The molecule has 0 fully saturated rings. The number of nitrogens with zero attached hydrogens (tertiary/aromatic N) is 6. The van der Waals surface area contributed by atoms with Crippen LogP contribution in [0.3, 0.4) is 0 Å². The summed E-state index contributed by atoms with van der Waals surface area (Å²) in [6.07, 6.45) is 1.05. The predicted octanol–water partition coefficient (Wildman–Crippen LogP) is 2.72. The van der Waals surface area contributed by atoms with Crippen LogP contribution in [0, 0.1) is 41.7 Å². The van der Waals surface area contributed by atoms with E-state index in [4.69, 9.17) is 0 Å². The molecule has 14 heteroatoms. The molecule has 1 amide bonds. The van der Waals surface area contributed by atoms with Crippen LogP contribution in [-0.2, 0) is 0 Å². The fourth-order valence-corrected chi connectivity index (χ4v) is 2.60. The molecule has 1 N–H and O–H groups in total. The summed E-state index contributed by atoms with van der Waals surface area (Å²) in [4.78, 5) is 43.3. The third-order valence-electron chi connectivity index (χ3n) is 4.06. The van der Waals surface area contributed by atoms with Gasteiger partial charge in [0.15, 0.2) is 5.82 Å². The maximum atomic E-state index is 12.6. The normalized spacial score (nSPS) is 10.2. The second-order valence-electron chi connectivity index (χ2n) is 5.88. The summed E-state index contributed by atoms with van der Waals surface area (Å²) in [5.41, 5.74) is -1.78. The van der Waals surface area contributed by atoms with Crippen LogP contribution in [0.1, 0.15) is 15.9 Å². The number of nitrogens with one attached hydrogen (secondary N) is 1. The van der Waals surface area contributed by atoms with Crippen molar-refractivity contribution in [1.82, 2.24) is 9.78 Å². The Kier molecular flexibility index (Phi) is 5.33. The lowest BCUT2D eigenvalue weighted by molar-refractivity contribution is -0.394. The molecule has 0 atom stereocenters. The number of amides is 1. The molecule has 3 aromatic rings. The standard InChI is InChI=1S/C17H9N7O7/c18-8-11-9-19-21(14-6-5-13(23(28)29)7-15(14)24(30)31)16(11)20-17(25)10-1-3-12(4-2-10)22(26)27/h1-7,9H,(H,20,25). The number of nitro groups is 3. The van der Waals surface area contributed by atoms with Crippen molar-refractivity contribution in [2.45, 2.75) is 0 Å². The number of carbonyl (C=O) groups is 1. The second kappa shape index (κ2) is 8.05. The molecule has 0 saturated carbocycles. The van der Waals surface area contributed by atoms with E-state index >= 15 is 0 Å². The molecule has 0 aliphatic rings. The number of hydrogen-bond acceptors (Lipinski definition) is 9. The molecular formula is C17H9N7O7. The largest absolute Gasteiger partial charge is 0.305 e. The SMILES string of the molecule is N#Cc1cnn(-c2ccc([N+](=O)[O-])cc2[N+](=O)[O-])c1NC(=O)c1ccc([N+](=O)[O-])cc1. The zero-order valence-electron chi connectivity index (χ0n) is 15.2. The summed E-state index contributed by atoms with van der Waals surface area (Å²) < 4.78 is 0.893. The summed E-state index contributed by atoms with van der Waals surface area (Å²) in [6.45, 7) is 0. The van der Waals surface area contributed by atoms with Gasteiger partial charge in [-0.2, -0.15) is 10.4 Å². The third kappa shape index (κ3) is 4.00. The van der Waals surface area contributed by atoms with Crippen LogP contribution < -0.4 is 5.32 Å². The van der Waals surface area contributed by atoms with Crippen molar-refractivity contribution in [3.8, 4) is 11.8 Å². The Hall–Kier alpha value is -5.19. The van der Waals surface area contributed by atoms with Crippen molar-refractivity contribution < 1.29 is 19.6 Å². The van der Waals surface area contributed by atoms with Gasteiger partial charge in [0.2, 0.25) is 0 Å². The van der Waals surface area contributed by atoms with E-state index in [0.29, 0.717) is 0 Å². The highest BCUT2D eigenvalue weighted by molar-refractivity contribution is 6.04. The van der Waals surface area contributed by atoms with Gasteiger partial charge in [0.1, 0.15) is 17.3 Å². The van der Waals surface area contributed by atoms with Crippen molar-refractivity contribution in [1.29, 1.82) is 5.26 Å². The molecule has 1 aromatic heterocycles. The highest BCUT2D eigenvalue weighted by Gasteiger charge is 2.25. The zero-order chi connectivity index (χ0) is 22.7. The number of non-ortho nitro benzene ring substituents is 2. The number of benzene rings is 2. The third-order valence-corrected chi connectivity index (χ3v) is 4.06. The summed E-state index contributed by atoms with van der Waals surface area (Å²) in [5, 5.41) is 48.7. The lowest BCUT2D eigenvalue weighted by atomic mass is 10.2. The van der Waals surface area contributed by atoms with Gasteiger partial charge in [0, 0.05) is 23.8 Å². The van der Waals surface area contributed by atoms with Crippen LogP contribution in [0.4, 0.5) is 22.9 Å². The van der Waals surface area contributed by atoms with Crippen molar-refractivity contribution >= 4 is 28.8 Å². The minimum Gasteiger partial charge on any atom is -0.305 e. The summed E-state index contributed by atoms with van der Waals surface area (Å²) in [7, 11) is 0. The highest BCUT2D eigenvalue weighted by atomic mass is 16.6. The molecule has 14 nitrogen and oxygen atoms in total. The van der Waals surface area contributed by atoms with Crippen LogP contribution in [0.2, 0.25) is 0 Å². The van der Waals surface area contributed by atoms with Gasteiger partial charge in [-0.3, -0.25) is 35.1 Å². The van der Waals surface area contributed by atoms with Crippen LogP contribution in [0.15, 0.2) is 48.7 Å². The molecule has 0 saturated heterocycles. The van der Waals surface area contributed by atoms with Crippen LogP contribution in [-0.4, -0.2) is 30.5 Å². The van der Waals surface area contributed by atoms with Crippen LogP contribution in [0.5, 0.6) is 0 Å². The van der Waals surface area contributed by atoms with Gasteiger partial charge >= 0.3 is 5.69 Å². The number of nitriles is 1. The molecule has 0 spiro atoms. The number of nitro benzene ring substituents is 3. The summed E-state index contributed by atoms with van der Waals surface area (Å²) in [6, 6.07) is 9.18. The smallest absolute Gasteiger partial charge is 0.301 e. The van der Waals surface area contributed by atoms with E-state index in [1.54, 1.807) is 6.07 Å². The van der Waals surface area contributed by atoms with Crippen molar-refractivity contribution in [2.24, 2.45) is 0 Å². The first-order chi connectivity index (χ1) is 14.7. The average Bonchev–Trinajstić information content (AvgIpc) is 3.15. The van der Waals surface area contributed by atoms with Crippen molar-refractivity contribution in [2.75, 3.05) is 5.32 Å². The van der Waals surface area contributed by atoms with E-state index < -0.39 is 32.1 Å². The number of hydrogen-bond donors (Lipinski definition) is 1. The van der Waals surface area contributed by atoms with Crippen molar-refractivity contribution in [3.63, 3.8) is 0 Å². The molecule has 0 radical (unpaired) electrons. The fourth-order valence-electron chi connectivity index (χ4n) is 2.60. The minimum absolute atomic E-state index is 0.0143. The summed E-state index contributed by atoms with van der Waals surface area (Å²) >= 11 is 0. The first-order valence-corrected chi connectivity index (χ1v) is 8.20. The molecule has 0 aliphatic carbocycles. The number of aromatic nitrogens is 2. The molecule has 31 heavy (non-hydrogen) atoms. The maximum Gasteiger partial charge on any atom is 0.301 e. The molecule has 3 rings (SSSR count). The molecular weight excluding hydrogens is 414 g/mol. The zero-order valence-corrected chi connectivity index (χ0v) is 15.2. The van der Waals surface area contributed by atoms with Gasteiger partial charge in [0.05, 0.1) is 27.0 Å². The Bertz CT molecular complexity index is 1270. The van der Waals surface area contributed by atoms with E-state index in [-0.39, 0.29) is 28.3 Å². The van der Waals surface area contributed by atoms with Gasteiger partial charge in [-0.15, -0.1) is 0 Å². The second-order valence-corrected chi connectivity index (χ2v) is 5.88. The topological polar surface area (TPSA) is 200 Å². The predicted molar refractivity (Wildman–Crippen MR) is 103 cm³/mol. The van der Waals surface area contributed by atoms with Crippen LogP contribution in [0.25, 0.3) is 5.69 Å². The van der Waals surface area contributed by atoms with E-state index in [2.05, 4.69) is 10.4 Å². The Balaban J connectivity index is 2.05. The van der Waals surface area contributed by atoms with E-state index in [0.717, 1.165) is 41.2 Å². The monoisotopic (exact) mass is 423 g/mol. The summed E-state index contributed by atoms with van der Waals surface area (Å²) in [5.74, 6) is -0.986. The molecule has 0 bridgehead atoms. The first-order valence-electron chi connectivity index (χ1n) is 8.20. The van der Waals surface area contributed by atoms with E-state index in [1.807, 2.05) is 0 Å². The Morgan fingerprint density at radius 3 is 2.13 bits per heavy atom. The lowest BCUT2D eigenvalue weighted by Gasteiger charge is -2.10. The Labute approximate surface area is 171 Å². The van der Waals surface area contributed by atoms with Gasteiger partial charge in [0.25, 0.3) is 17.3 Å². The van der Waals surface area contributed by atoms with Gasteiger partial charge in [-0.05, 0) is 18.2 Å². The van der Waals surface area contributed by atoms with E-state index in [1.165, 1.54) is 12.1 Å². The number of carbonyl (C=O) groups excluding carboxylic acids is 1. The Morgan fingerprint density at radius 1 is 0.968 bits per heavy atom. The quantitative estimate of drug-likeness (QED) is 0.457. The number of anilines is 1. The molecule has 0 unspecified atom stereocenters. The van der Waals surface area contributed by atoms with Gasteiger partial charge in [-0.25, -0.2) is 4.68 Å². The average molecular weight is 423 g/mol. The maximum absolute atomic E-state index is 12.6. The van der Waals surface area contributed by atoms with E-state index in [9.17, 15) is 40.4 Å². The number of rotatable bonds is 6. The molecule has 154 valence electrons. The lowest BCUT2D eigenvalue weighted by Crippen LogP contribution is -2.16. The van der Waals surface area contributed by atoms with Crippen molar-refractivity contribution in [3.05, 3.63) is 90.1 Å². The Morgan fingerprint density at radius 2 is 1.58 bits per heavy atom. The minimum atomic E-state index is -0.863. The molecule has 1 heterocycles. The molecule has 2 aromatic carbocycles. The first kappa shape index (κ1) is 20.5.